The summed E-state index contributed by atoms with van der Waals surface area (Å²) in [5.74, 6) is 0.143. The Morgan fingerprint density at radius 3 is 2.74 bits per heavy atom. The first-order chi connectivity index (χ1) is 11.2. The second-order valence-electron chi connectivity index (χ2n) is 4.81. The van der Waals surface area contributed by atoms with Crippen LogP contribution in [0, 0.1) is 0 Å². The molecule has 2 aromatic heterocycles. The van der Waals surface area contributed by atoms with Gasteiger partial charge in [-0.25, -0.2) is 9.78 Å². The van der Waals surface area contributed by atoms with Crippen molar-refractivity contribution in [3.05, 3.63) is 64.5 Å². The van der Waals surface area contributed by atoms with E-state index in [4.69, 9.17) is 9.47 Å². The van der Waals surface area contributed by atoms with Gasteiger partial charge in [-0.05, 0) is 40.5 Å². The molecule has 3 rings (SSSR count). The Labute approximate surface area is 142 Å². The zero-order valence-corrected chi connectivity index (χ0v) is 14.1. The van der Waals surface area contributed by atoms with Gasteiger partial charge < -0.3 is 9.47 Å². The van der Waals surface area contributed by atoms with Crippen LogP contribution in [-0.4, -0.2) is 22.0 Å². The van der Waals surface area contributed by atoms with E-state index >= 15 is 0 Å². The van der Waals surface area contributed by atoms with E-state index in [-0.39, 0.29) is 5.69 Å². The maximum Gasteiger partial charge on any atom is 0.359 e. The molecule has 0 atom stereocenters. The fraction of sp³-hybridized carbons (Fsp3) is 0.176. The van der Waals surface area contributed by atoms with Crippen molar-refractivity contribution in [2.75, 3.05) is 6.61 Å². The lowest BCUT2D eigenvalue weighted by atomic mass is 10.2. The summed E-state index contributed by atoms with van der Waals surface area (Å²) in [4.78, 5) is 16.3. The highest BCUT2D eigenvalue weighted by Crippen LogP contribution is 2.26. The third-order valence-corrected chi connectivity index (χ3v) is 4.02. The monoisotopic (exact) mass is 374 g/mol. The van der Waals surface area contributed by atoms with Crippen LogP contribution in [0.15, 0.2) is 53.3 Å². The van der Waals surface area contributed by atoms with E-state index in [1.807, 2.05) is 48.7 Å². The number of aromatic nitrogens is 2. The van der Waals surface area contributed by atoms with Gasteiger partial charge in [-0.3, -0.25) is 4.40 Å². The molecule has 23 heavy (non-hydrogen) atoms. The van der Waals surface area contributed by atoms with Crippen LogP contribution in [0.5, 0.6) is 5.75 Å². The van der Waals surface area contributed by atoms with Crippen molar-refractivity contribution in [1.82, 2.24) is 9.38 Å². The van der Waals surface area contributed by atoms with Crippen LogP contribution < -0.4 is 4.74 Å². The van der Waals surface area contributed by atoms with Gasteiger partial charge >= 0.3 is 5.97 Å². The Balaban J connectivity index is 1.92. The zero-order valence-electron chi connectivity index (χ0n) is 12.5. The van der Waals surface area contributed by atoms with Crippen LogP contribution in [0.3, 0.4) is 0 Å². The molecule has 5 nitrogen and oxygen atoms in total. The van der Waals surface area contributed by atoms with Crippen molar-refractivity contribution in [2.45, 2.75) is 13.5 Å². The van der Waals surface area contributed by atoms with Crippen LogP contribution in [0.4, 0.5) is 0 Å². The van der Waals surface area contributed by atoms with Gasteiger partial charge in [-0.1, -0.05) is 30.3 Å². The summed E-state index contributed by atoms with van der Waals surface area (Å²) < 4.78 is 13.2. The lowest BCUT2D eigenvalue weighted by Crippen LogP contribution is -2.05. The number of fused-ring (bicyclic) bond motifs is 1. The van der Waals surface area contributed by atoms with E-state index in [1.165, 1.54) is 0 Å². The van der Waals surface area contributed by atoms with Gasteiger partial charge in [0.25, 0.3) is 0 Å². The Morgan fingerprint density at radius 1 is 1.22 bits per heavy atom. The van der Waals surface area contributed by atoms with Crippen molar-refractivity contribution < 1.29 is 14.3 Å². The number of pyridine rings is 1. The number of hydrogen-bond acceptors (Lipinski definition) is 4. The molecule has 0 N–H and O–H groups in total. The lowest BCUT2D eigenvalue weighted by Gasteiger charge is -2.07. The van der Waals surface area contributed by atoms with Gasteiger partial charge in [0.1, 0.15) is 11.2 Å². The average Bonchev–Trinajstić information content (AvgIpc) is 2.92. The van der Waals surface area contributed by atoms with Gasteiger partial charge in [0, 0.05) is 6.20 Å². The SMILES string of the molecule is CCOC(=O)c1nc2c(OCc3ccccc3)cccn2c1Br. The summed E-state index contributed by atoms with van der Waals surface area (Å²) in [6.45, 7) is 2.49. The first kappa shape index (κ1) is 15.6. The molecule has 0 aliphatic heterocycles. The Morgan fingerprint density at radius 2 is 2.00 bits per heavy atom. The largest absolute Gasteiger partial charge is 0.485 e. The minimum Gasteiger partial charge on any atom is -0.485 e. The summed E-state index contributed by atoms with van der Waals surface area (Å²) >= 11 is 3.40. The molecule has 0 aliphatic rings. The van der Waals surface area contributed by atoms with Gasteiger partial charge in [0.05, 0.1) is 6.61 Å². The Hall–Kier alpha value is -2.34. The van der Waals surface area contributed by atoms with Gasteiger partial charge in [0.15, 0.2) is 17.1 Å². The number of hydrogen-bond donors (Lipinski definition) is 0. The third kappa shape index (κ3) is 3.22. The predicted octanol–water partition coefficient (Wildman–Crippen LogP) is 3.85. The molecular weight excluding hydrogens is 360 g/mol. The molecule has 0 spiro atoms. The van der Waals surface area contributed by atoms with E-state index < -0.39 is 5.97 Å². The minimum absolute atomic E-state index is 0.239. The van der Waals surface area contributed by atoms with Crippen molar-refractivity contribution in [2.24, 2.45) is 0 Å². The molecule has 0 saturated carbocycles. The molecule has 0 saturated heterocycles. The second-order valence-corrected chi connectivity index (χ2v) is 5.56. The molecule has 0 aliphatic carbocycles. The maximum atomic E-state index is 12.0. The first-order valence-corrected chi connectivity index (χ1v) is 8.00. The third-order valence-electron chi connectivity index (χ3n) is 3.26. The molecule has 6 heteroatoms. The molecule has 118 valence electrons. The Bertz CT molecular complexity index is 830. The molecule has 0 bridgehead atoms. The summed E-state index contributed by atoms with van der Waals surface area (Å²) in [5.41, 5.74) is 1.87. The van der Waals surface area contributed by atoms with Crippen molar-refractivity contribution in [1.29, 1.82) is 0 Å². The van der Waals surface area contributed by atoms with E-state index in [0.717, 1.165) is 5.56 Å². The number of carbonyl (C=O) groups is 1. The van der Waals surface area contributed by atoms with E-state index in [1.54, 1.807) is 11.3 Å². The van der Waals surface area contributed by atoms with Crippen LogP contribution in [-0.2, 0) is 11.3 Å². The number of benzene rings is 1. The van der Waals surface area contributed by atoms with E-state index in [9.17, 15) is 4.79 Å². The standard InChI is InChI=1S/C17H15BrN2O3/c1-2-22-17(21)14-15(18)20-10-6-9-13(16(20)19-14)23-11-12-7-4-3-5-8-12/h3-10H,2,11H2,1H3. The van der Waals surface area contributed by atoms with E-state index in [0.29, 0.717) is 29.2 Å². The normalized spacial score (nSPS) is 10.7. The van der Waals surface area contributed by atoms with Crippen LogP contribution >= 0.6 is 15.9 Å². The quantitative estimate of drug-likeness (QED) is 0.636. The minimum atomic E-state index is -0.461. The maximum absolute atomic E-state index is 12.0. The number of rotatable bonds is 5. The fourth-order valence-corrected chi connectivity index (χ4v) is 2.73. The summed E-state index contributed by atoms with van der Waals surface area (Å²) in [5, 5.41) is 0. The number of nitrogens with zero attached hydrogens (tertiary/aromatic N) is 2. The average molecular weight is 375 g/mol. The molecule has 2 heterocycles. The number of imidazole rings is 1. The second kappa shape index (κ2) is 6.83. The molecule has 3 aromatic rings. The van der Waals surface area contributed by atoms with Crippen molar-refractivity contribution in [3.8, 4) is 5.75 Å². The van der Waals surface area contributed by atoms with Crippen LogP contribution in [0.25, 0.3) is 5.65 Å². The molecule has 1 aromatic carbocycles. The number of esters is 1. The number of halogens is 1. The van der Waals surface area contributed by atoms with Gasteiger partial charge in [-0.2, -0.15) is 0 Å². The van der Waals surface area contributed by atoms with Crippen LogP contribution in [0.1, 0.15) is 23.0 Å². The molecule has 0 unspecified atom stereocenters. The molecular formula is C17H15BrN2O3. The first-order valence-electron chi connectivity index (χ1n) is 7.21. The van der Waals surface area contributed by atoms with Gasteiger partial charge in [-0.15, -0.1) is 0 Å². The van der Waals surface area contributed by atoms with Crippen molar-refractivity contribution in [3.63, 3.8) is 0 Å². The van der Waals surface area contributed by atoms with Crippen LogP contribution in [0.2, 0.25) is 0 Å². The number of ether oxygens (including phenoxy) is 2. The highest BCUT2D eigenvalue weighted by atomic mass is 79.9. The molecule has 0 radical (unpaired) electrons. The predicted molar refractivity (Wildman–Crippen MR) is 89.6 cm³/mol. The Kier molecular flexibility index (Phi) is 4.62. The molecule has 0 fully saturated rings. The molecule has 0 amide bonds. The topological polar surface area (TPSA) is 52.8 Å². The summed E-state index contributed by atoms with van der Waals surface area (Å²) in [6, 6.07) is 13.5. The fourth-order valence-electron chi connectivity index (χ4n) is 2.19. The smallest absolute Gasteiger partial charge is 0.359 e. The van der Waals surface area contributed by atoms with Crippen molar-refractivity contribution >= 4 is 27.5 Å². The lowest BCUT2D eigenvalue weighted by molar-refractivity contribution is 0.0519. The summed E-state index contributed by atoms with van der Waals surface area (Å²) in [6.07, 6.45) is 1.81. The highest BCUT2D eigenvalue weighted by molar-refractivity contribution is 9.10. The zero-order chi connectivity index (χ0) is 16.2. The van der Waals surface area contributed by atoms with Gasteiger partial charge in [0.2, 0.25) is 0 Å². The van der Waals surface area contributed by atoms with E-state index in [2.05, 4.69) is 20.9 Å². The highest BCUT2D eigenvalue weighted by Gasteiger charge is 2.20. The summed E-state index contributed by atoms with van der Waals surface area (Å²) in [7, 11) is 0. The number of carbonyl (C=O) groups excluding carboxylic acids is 1.